The summed E-state index contributed by atoms with van der Waals surface area (Å²) in [5.41, 5.74) is 10.8. The van der Waals surface area contributed by atoms with E-state index in [1.165, 1.54) is 0 Å². The van der Waals surface area contributed by atoms with Crippen LogP contribution in [0.5, 0.6) is 0 Å². The zero-order valence-corrected chi connectivity index (χ0v) is 16.4. The normalized spacial score (nSPS) is 18.1. The minimum atomic E-state index is 0.131. The van der Waals surface area contributed by atoms with E-state index in [-0.39, 0.29) is 18.6 Å². The molecule has 30 heavy (non-hydrogen) atoms. The largest absolute Gasteiger partial charge is 0.396 e. The van der Waals surface area contributed by atoms with E-state index < -0.39 is 0 Å². The SMILES string of the molecule is N#Cc1c(-c2ccc3ccc(-c4ccccc4)nc3c2)nn(C2CC(CO)C2)c1N. The van der Waals surface area contributed by atoms with Gasteiger partial charge in [-0.2, -0.15) is 10.4 Å². The number of fused-ring (bicyclic) bond motifs is 1. The fourth-order valence-electron chi connectivity index (χ4n) is 4.12. The van der Waals surface area contributed by atoms with Crippen molar-refractivity contribution >= 4 is 16.7 Å². The van der Waals surface area contributed by atoms with Gasteiger partial charge in [0.1, 0.15) is 23.1 Å². The van der Waals surface area contributed by atoms with Gasteiger partial charge in [-0.15, -0.1) is 0 Å². The van der Waals surface area contributed by atoms with Crippen molar-refractivity contribution in [3.63, 3.8) is 0 Å². The highest BCUT2D eigenvalue weighted by molar-refractivity contribution is 5.87. The number of aliphatic hydroxyl groups is 1. The topological polar surface area (TPSA) is 101 Å². The third-order valence-corrected chi connectivity index (χ3v) is 5.91. The van der Waals surface area contributed by atoms with Gasteiger partial charge in [0, 0.05) is 23.1 Å². The second-order valence-corrected chi connectivity index (χ2v) is 7.81. The molecular formula is C24H21N5O. The van der Waals surface area contributed by atoms with Gasteiger partial charge >= 0.3 is 0 Å². The monoisotopic (exact) mass is 395 g/mol. The smallest absolute Gasteiger partial charge is 0.140 e. The number of nitrogen functional groups attached to an aromatic ring is 1. The van der Waals surface area contributed by atoms with Crippen LogP contribution in [0.25, 0.3) is 33.4 Å². The van der Waals surface area contributed by atoms with Crippen LogP contribution in [0.3, 0.4) is 0 Å². The number of hydrogen-bond donors (Lipinski definition) is 2. The van der Waals surface area contributed by atoms with E-state index in [0.29, 0.717) is 17.1 Å². The van der Waals surface area contributed by atoms with Crippen LogP contribution in [0.1, 0.15) is 24.4 Å². The van der Waals surface area contributed by atoms with Crippen molar-refractivity contribution in [2.75, 3.05) is 12.3 Å². The maximum Gasteiger partial charge on any atom is 0.140 e. The van der Waals surface area contributed by atoms with Crippen LogP contribution in [-0.4, -0.2) is 26.5 Å². The second kappa shape index (κ2) is 7.29. The van der Waals surface area contributed by atoms with Crippen molar-refractivity contribution in [1.29, 1.82) is 5.26 Å². The van der Waals surface area contributed by atoms with E-state index in [1.54, 1.807) is 4.68 Å². The molecule has 0 saturated heterocycles. The van der Waals surface area contributed by atoms with E-state index in [2.05, 4.69) is 17.2 Å². The Morgan fingerprint density at radius 1 is 1.07 bits per heavy atom. The minimum Gasteiger partial charge on any atom is -0.396 e. The van der Waals surface area contributed by atoms with Crippen molar-refractivity contribution in [3.05, 3.63) is 66.2 Å². The maximum absolute atomic E-state index is 9.71. The first-order chi connectivity index (χ1) is 14.7. The number of aliphatic hydroxyl groups excluding tert-OH is 1. The van der Waals surface area contributed by atoms with Crippen LogP contribution in [-0.2, 0) is 0 Å². The Hall–Kier alpha value is -3.69. The summed E-state index contributed by atoms with van der Waals surface area (Å²) in [5.74, 6) is 0.675. The third kappa shape index (κ3) is 3.00. The van der Waals surface area contributed by atoms with Crippen LogP contribution in [0, 0.1) is 17.2 Å². The van der Waals surface area contributed by atoms with Crippen LogP contribution in [0.15, 0.2) is 60.7 Å². The summed E-state index contributed by atoms with van der Waals surface area (Å²) >= 11 is 0. The molecule has 1 aliphatic carbocycles. The van der Waals surface area contributed by atoms with Gasteiger partial charge in [0.25, 0.3) is 0 Å². The lowest BCUT2D eigenvalue weighted by atomic mass is 9.81. The number of hydrogen-bond acceptors (Lipinski definition) is 5. The van der Waals surface area contributed by atoms with Gasteiger partial charge in [0.15, 0.2) is 0 Å². The number of pyridine rings is 1. The predicted octanol–water partition coefficient (Wildman–Crippen LogP) is 4.16. The van der Waals surface area contributed by atoms with Crippen molar-refractivity contribution < 1.29 is 5.11 Å². The molecule has 6 heteroatoms. The van der Waals surface area contributed by atoms with Gasteiger partial charge < -0.3 is 10.8 Å². The maximum atomic E-state index is 9.71. The molecular weight excluding hydrogens is 374 g/mol. The van der Waals surface area contributed by atoms with Crippen molar-refractivity contribution in [1.82, 2.24) is 14.8 Å². The molecule has 0 spiro atoms. The van der Waals surface area contributed by atoms with Gasteiger partial charge in [0.2, 0.25) is 0 Å². The Morgan fingerprint density at radius 3 is 2.57 bits per heavy atom. The summed E-state index contributed by atoms with van der Waals surface area (Å²) < 4.78 is 1.75. The summed E-state index contributed by atoms with van der Waals surface area (Å²) in [6.45, 7) is 0.176. The standard InChI is InChI=1S/C24H21N5O/c25-13-20-23(28-29(24(20)26)19-10-15(11-19)14-30)18-7-6-17-8-9-21(27-22(17)12-18)16-4-2-1-3-5-16/h1-9,12,15,19,30H,10-11,14,26H2. The van der Waals surface area contributed by atoms with Gasteiger partial charge in [-0.05, 0) is 30.9 Å². The molecule has 5 rings (SSSR count). The molecule has 1 aliphatic rings. The number of anilines is 1. The molecule has 2 aromatic heterocycles. The third-order valence-electron chi connectivity index (χ3n) is 5.91. The van der Waals surface area contributed by atoms with Crippen molar-refractivity contribution in [2.45, 2.75) is 18.9 Å². The Bertz CT molecular complexity index is 1270. The van der Waals surface area contributed by atoms with Crippen LogP contribution in [0.2, 0.25) is 0 Å². The summed E-state index contributed by atoms with van der Waals surface area (Å²) in [6, 6.07) is 22.4. The summed E-state index contributed by atoms with van der Waals surface area (Å²) in [5, 5.41) is 24.7. The van der Waals surface area contributed by atoms with E-state index in [4.69, 9.17) is 10.7 Å². The molecule has 0 aliphatic heterocycles. The fraction of sp³-hybridized carbons (Fsp3) is 0.208. The first kappa shape index (κ1) is 18.3. The molecule has 0 amide bonds. The lowest BCUT2D eigenvalue weighted by Crippen LogP contribution is -2.30. The van der Waals surface area contributed by atoms with Crippen LogP contribution < -0.4 is 5.73 Å². The highest BCUT2D eigenvalue weighted by atomic mass is 16.3. The van der Waals surface area contributed by atoms with Gasteiger partial charge in [-0.25, -0.2) is 9.67 Å². The molecule has 3 N–H and O–H groups in total. The molecule has 6 nitrogen and oxygen atoms in total. The second-order valence-electron chi connectivity index (χ2n) is 7.81. The lowest BCUT2D eigenvalue weighted by molar-refractivity contribution is 0.107. The molecule has 0 atom stereocenters. The molecule has 148 valence electrons. The summed E-state index contributed by atoms with van der Waals surface area (Å²) in [4.78, 5) is 4.82. The van der Waals surface area contributed by atoms with Crippen molar-refractivity contribution in [2.24, 2.45) is 5.92 Å². The number of rotatable bonds is 4. The number of nitrogens with zero attached hydrogens (tertiary/aromatic N) is 4. The molecule has 2 heterocycles. The quantitative estimate of drug-likeness (QED) is 0.540. The minimum absolute atomic E-state index is 0.131. The van der Waals surface area contributed by atoms with Gasteiger partial charge in [-0.3, -0.25) is 0 Å². The average Bonchev–Trinajstić information content (AvgIpc) is 3.09. The Balaban J connectivity index is 1.57. The zero-order valence-electron chi connectivity index (χ0n) is 16.4. The molecule has 1 saturated carbocycles. The van der Waals surface area contributed by atoms with E-state index in [1.807, 2.05) is 54.6 Å². The molecule has 0 radical (unpaired) electrons. The molecule has 4 aromatic rings. The lowest BCUT2D eigenvalue weighted by Gasteiger charge is -2.34. The summed E-state index contributed by atoms with van der Waals surface area (Å²) in [7, 11) is 0. The number of nitrogens with two attached hydrogens (primary N) is 1. The Morgan fingerprint density at radius 2 is 1.83 bits per heavy atom. The van der Waals surface area contributed by atoms with Crippen LogP contribution >= 0.6 is 0 Å². The predicted molar refractivity (Wildman–Crippen MR) is 116 cm³/mol. The van der Waals surface area contributed by atoms with E-state index in [9.17, 15) is 10.4 Å². The first-order valence-corrected chi connectivity index (χ1v) is 10.0. The number of benzene rings is 2. The number of nitriles is 1. The summed E-state index contributed by atoms with van der Waals surface area (Å²) in [6.07, 6.45) is 1.65. The number of aromatic nitrogens is 3. The highest BCUT2D eigenvalue weighted by Gasteiger charge is 2.33. The van der Waals surface area contributed by atoms with E-state index in [0.717, 1.165) is 40.6 Å². The Labute approximate surface area is 174 Å². The van der Waals surface area contributed by atoms with Gasteiger partial charge in [-0.1, -0.05) is 48.5 Å². The zero-order chi connectivity index (χ0) is 20.7. The average molecular weight is 395 g/mol. The highest BCUT2D eigenvalue weighted by Crippen LogP contribution is 2.40. The molecule has 0 bridgehead atoms. The van der Waals surface area contributed by atoms with Gasteiger partial charge in [0.05, 0.1) is 17.3 Å². The van der Waals surface area contributed by atoms with E-state index >= 15 is 0 Å². The molecule has 0 unspecified atom stereocenters. The first-order valence-electron chi connectivity index (χ1n) is 10.0. The molecule has 1 fully saturated rings. The van der Waals surface area contributed by atoms with Crippen LogP contribution in [0.4, 0.5) is 5.82 Å². The fourth-order valence-corrected chi connectivity index (χ4v) is 4.12. The van der Waals surface area contributed by atoms with Crippen molar-refractivity contribution in [3.8, 4) is 28.6 Å². The molecule has 2 aromatic carbocycles. The Kier molecular flexibility index (Phi) is 4.46.